The summed E-state index contributed by atoms with van der Waals surface area (Å²) in [7, 11) is 2.15. The third kappa shape index (κ3) is 4.16. The molecule has 1 aromatic rings. The predicted octanol–water partition coefficient (Wildman–Crippen LogP) is 3.42. The Morgan fingerprint density at radius 3 is 2.89 bits per heavy atom. The average molecular weight is 268 g/mol. The maximum Gasteiger partial charge on any atom is 0.162 e. The molecule has 2 nitrogen and oxygen atoms in total. The lowest BCUT2D eigenvalue weighted by Crippen LogP contribution is -2.36. The van der Waals surface area contributed by atoms with Crippen molar-refractivity contribution in [2.45, 2.75) is 31.7 Å². The van der Waals surface area contributed by atoms with Crippen LogP contribution in [0, 0.1) is 18.1 Å². The second kappa shape index (κ2) is 6.85. The summed E-state index contributed by atoms with van der Waals surface area (Å²) in [5.41, 5.74) is 0. The van der Waals surface area contributed by atoms with Crippen molar-refractivity contribution in [2.75, 3.05) is 20.2 Å². The molecule has 19 heavy (non-hydrogen) atoms. The van der Waals surface area contributed by atoms with Crippen LogP contribution in [0.25, 0.3) is 0 Å². The van der Waals surface area contributed by atoms with Crippen LogP contribution in [-0.2, 0) is 0 Å². The topological polar surface area (TPSA) is 12.5 Å². The lowest BCUT2D eigenvalue weighted by Gasteiger charge is -2.32. The molecule has 0 spiro atoms. The van der Waals surface area contributed by atoms with Gasteiger partial charge in [0.25, 0.3) is 0 Å². The van der Waals surface area contributed by atoms with Gasteiger partial charge in [0, 0.05) is 12.1 Å². The molecular weight excluding hydrogens is 248 g/mol. The van der Waals surface area contributed by atoms with E-state index in [0.717, 1.165) is 37.9 Å². The van der Waals surface area contributed by atoms with E-state index < -0.39 is 11.6 Å². The highest BCUT2D eigenvalue weighted by Crippen LogP contribution is 2.19. The summed E-state index contributed by atoms with van der Waals surface area (Å²) in [6.45, 7) is 1.66. The van der Waals surface area contributed by atoms with E-state index in [-0.39, 0.29) is 0 Å². The molecule has 1 unspecified atom stereocenters. The highest BCUT2D eigenvalue weighted by molar-refractivity contribution is 5.23. The van der Waals surface area contributed by atoms with Gasteiger partial charge in [-0.2, -0.15) is 0 Å². The van der Waals surface area contributed by atoms with Crippen molar-refractivity contribution in [3.63, 3.8) is 0 Å². The average Bonchev–Trinajstić information content (AvgIpc) is 2.40. The van der Waals surface area contributed by atoms with Gasteiger partial charge in [-0.1, -0.05) is 0 Å². The van der Waals surface area contributed by atoms with Gasteiger partial charge in [0.05, 0.1) is 6.61 Å². The van der Waals surface area contributed by atoms with Crippen LogP contribution in [0.3, 0.4) is 0 Å². The number of rotatable bonds is 5. The first-order chi connectivity index (χ1) is 9.16. The maximum atomic E-state index is 13.0. The minimum absolute atomic E-state index is 0.391. The largest absolute Gasteiger partial charge is 0.493 e. The molecule has 0 N–H and O–H groups in total. The molecule has 0 bridgehead atoms. The molecule has 0 saturated carbocycles. The first kappa shape index (κ1) is 14.3. The van der Waals surface area contributed by atoms with Gasteiger partial charge in [-0.25, -0.2) is 8.78 Å². The zero-order valence-corrected chi connectivity index (χ0v) is 11.2. The van der Waals surface area contributed by atoms with Crippen molar-refractivity contribution in [1.29, 1.82) is 0 Å². The summed E-state index contributed by atoms with van der Waals surface area (Å²) < 4.78 is 31.1. The Hall–Kier alpha value is -1.16. The van der Waals surface area contributed by atoms with Crippen molar-refractivity contribution in [2.24, 2.45) is 0 Å². The Bertz CT molecular complexity index is 411. The summed E-state index contributed by atoms with van der Waals surface area (Å²) in [6.07, 6.45) is 6.61. The van der Waals surface area contributed by atoms with E-state index >= 15 is 0 Å². The number of benzene rings is 1. The minimum Gasteiger partial charge on any atom is -0.493 e. The maximum absolute atomic E-state index is 13.0. The number of nitrogens with zero attached hydrogens (tertiary/aromatic N) is 1. The molecule has 1 aromatic carbocycles. The summed E-state index contributed by atoms with van der Waals surface area (Å²) >= 11 is 0. The third-order valence-electron chi connectivity index (χ3n) is 3.59. The zero-order valence-electron chi connectivity index (χ0n) is 11.2. The normalized spacial score (nSPS) is 20.5. The smallest absolute Gasteiger partial charge is 0.162 e. The standard InChI is InChI=1S/C15H20F2NO/c1-18-9-3-2-5-12(18)6-4-10-19-13-7-8-14(16)15(17)11-13/h2,7-8,11-12H,3-6,9-10H2,1H3. The molecule has 105 valence electrons. The van der Waals surface area contributed by atoms with Crippen LogP contribution >= 0.6 is 0 Å². The van der Waals surface area contributed by atoms with Gasteiger partial charge in [-0.3, -0.25) is 0 Å². The van der Waals surface area contributed by atoms with E-state index in [2.05, 4.69) is 18.4 Å². The van der Waals surface area contributed by atoms with Gasteiger partial charge in [0.2, 0.25) is 0 Å². The molecule has 4 heteroatoms. The van der Waals surface area contributed by atoms with Crippen LogP contribution in [0.1, 0.15) is 25.7 Å². The Morgan fingerprint density at radius 1 is 1.32 bits per heavy atom. The molecule has 1 radical (unpaired) electrons. The van der Waals surface area contributed by atoms with Gasteiger partial charge in [0.1, 0.15) is 5.75 Å². The van der Waals surface area contributed by atoms with Gasteiger partial charge < -0.3 is 9.64 Å². The van der Waals surface area contributed by atoms with Crippen LogP contribution in [0.15, 0.2) is 18.2 Å². The van der Waals surface area contributed by atoms with Crippen molar-refractivity contribution in [1.82, 2.24) is 4.90 Å². The Labute approximate surface area is 113 Å². The molecule has 1 atom stereocenters. The monoisotopic (exact) mass is 268 g/mol. The van der Waals surface area contributed by atoms with E-state index in [1.54, 1.807) is 0 Å². The molecule has 1 aliphatic heterocycles. The molecule has 1 saturated heterocycles. The molecule has 1 heterocycles. The highest BCUT2D eigenvalue weighted by atomic mass is 19.2. The fraction of sp³-hybridized carbons (Fsp3) is 0.533. The second-order valence-electron chi connectivity index (χ2n) is 5.01. The summed E-state index contributed by atoms with van der Waals surface area (Å²) in [5.74, 6) is -1.31. The van der Waals surface area contributed by atoms with Gasteiger partial charge >= 0.3 is 0 Å². The summed E-state index contributed by atoms with van der Waals surface area (Å²) in [5, 5.41) is 0. The highest BCUT2D eigenvalue weighted by Gasteiger charge is 2.18. The number of piperidine rings is 1. The Balaban J connectivity index is 1.70. The van der Waals surface area contributed by atoms with Crippen molar-refractivity contribution < 1.29 is 13.5 Å². The van der Waals surface area contributed by atoms with Gasteiger partial charge in [0.15, 0.2) is 11.6 Å². The molecule has 2 rings (SSSR count). The molecule has 0 aromatic heterocycles. The first-order valence-electron chi connectivity index (χ1n) is 6.76. The molecule has 0 aliphatic carbocycles. The molecule has 0 amide bonds. The van der Waals surface area contributed by atoms with E-state index in [1.807, 2.05) is 0 Å². The van der Waals surface area contributed by atoms with E-state index in [0.29, 0.717) is 18.4 Å². The molecule has 1 fully saturated rings. The predicted molar refractivity (Wildman–Crippen MR) is 71.0 cm³/mol. The van der Waals surface area contributed by atoms with Crippen LogP contribution < -0.4 is 4.74 Å². The van der Waals surface area contributed by atoms with Crippen molar-refractivity contribution in [3.8, 4) is 5.75 Å². The van der Waals surface area contributed by atoms with Crippen LogP contribution in [0.4, 0.5) is 8.78 Å². The van der Waals surface area contributed by atoms with Crippen LogP contribution in [-0.4, -0.2) is 31.1 Å². The van der Waals surface area contributed by atoms with Gasteiger partial charge in [-0.15, -0.1) is 0 Å². The zero-order chi connectivity index (χ0) is 13.7. The van der Waals surface area contributed by atoms with E-state index in [4.69, 9.17) is 4.74 Å². The quantitative estimate of drug-likeness (QED) is 0.759. The SMILES string of the molecule is CN1CC[CH]CC1CCCOc1ccc(F)c(F)c1. The van der Waals surface area contributed by atoms with Crippen LogP contribution in [0.2, 0.25) is 0 Å². The first-order valence-corrected chi connectivity index (χ1v) is 6.76. The fourth-order valence-corrected chi connectivity index (χ4v) is 2.38. The van der Waals surface area contributed by atoms with Gasteiger partial charge in [-0.05, 0) is 57.8 Å². The lowest BCUT2D eigenvalue weighted by molar-refractivity contribution is 0.188. The van der Waals surface area contributed by atoms with E-state index in [1.165, 1.54) is 12.5 Å². The number of likely N-dealkylation sites (tertiary alicyclic amines) is 1. The third-order valence-corrected chi connectivity index (χ3v) is 3.59. The number of hydrogen-bond donors (Lipinski definition) is 0. The van der Waals surface area contributed by atoms with Crippen LogP contribution in [0.5, 0.6) is 5.75 Å². The Kier molecular flexibility index (Phi) is 5.14. The molecule has 1 aliphatic rings. The van der Waals surface area contributed by atoms with Crippen molar-refractivity contribution >= 4 is 0 Å². The van der Waals surface area contributed by atoms with E-state index in [9.17, 15) is 8.78 Å². The minimum atomic E-state index is -0.862. The lowest BCUT2D eigenvalue weighted by atomic mass is 9.99. The summed E-state index contributed by atoms with van der Waals surface area (Å²) in [6, 6.07) is 4.23. The fourth-order valence-electron chi connectivity index (χ4n) is 2.38. The number of halogens is 2. The second-order valence-corrected chi connectivity index (χ2v) is 5.01. The molecular formula is C15H20F2NO. The van der Waals surface area contributed by atoms with Crippen molar-refractivity contribution in [3.05, 3.63) is 36.3 Å². The number of ether oxygens (including phenoxy) is 1. The Morgan fingerprint density at radius 2 is 2.16 bits per heavy atom. The number of hydrogen-bond acceptors (Lipinski definition) is 2. The summed E-state index contributed by atoms with van der Waals surface area (Å²) in [4.78, 5) is 2.37.